The SMILES string of the molecule is CCN1CN([C@H]2CC[C@H](CN(C)CC#N)CC2)c2c(cnc3c2ccn3COCC[Si](C)(C)C)C1=O. The molecule has 0 saturated heterocycles. The fraction of sp³-hybridized carbons (Fsp3) is 0.667. The van der Waals surface area contributed by atoms with Crippen LogP contribution in [0.4, 0.5) is 5.69 Å². The van der Waals surface area contributed by atoms with Gasteiger partial charge in [-0.2, -0.15) is 5.26 Å². The summed E-state index contributed by atoms with van der Waals surface area (Å²) in [6.07, 6.45) is 8.30. The minimum absolute atomic E-state index is 0.0732. The number of ether oxygens (including phenoxy) is 1. The predicted molar refractivity (Wildman–Crippen MR) is 147 cm³/mol. The quantitative estimate of drug-likeness (QED) is 0.264. The second kappa shape index (κ2) is 11.3. The first-order valence-corrected chi connectivity index (χ1v) is 17.1. The van der Waals surface area contributed by atoms with Crippen molar-refractivity contribution in [2.45, 2.75) is 71.1 Å². The predicted octanol–water partition coefficient (Wildman–Crippen LogP) is 4.60. The maximum absolute atomic E-state index is 13.3. The van der Waals surface area contributed by atoms with E-state index in [2.05, 4.69) is 46.1 Å². The topological polar surface area (TPSA) is 77.6 Å². The van der Waals surface area contributed by atoms with Crippen LogP contribution in [0.5, 0.6) is 0 Å². The molecule has 1 aliphatic heterocycles. The number of fused-ring (bicyclic) bond motifs is 3. The molecule has 3 heterocycles. The summed E-state index contributed by atoms with van der Waals surface area (Å²) < 4.78 is 8.08. The Morgan fingerprint density at radius 3 is 2.67 bits per heavy atom. The zero-order chi connectivity index (χ0) is 25.9. The first-order valence-electron chi connectivity index (χ1n) is 13.4. The smallest absolute Gasteiger partial charge is 0.258 e. The molecule has 2 aromatic heterocycles. The van der Waals surface area contributed by atoms with Gasteiger partial charge < -0.3 is 19.1 Å². The number of carbonyl (C=O) groups excluding carboxylic acids is 1. The van der Waals surface area contributed by atoms with E-state index >= 15 is 0 Å². The van der Waals surface area contributed by atoms with Crippen LogP contribution in [0.1, 0.15) is 43.0 Å². The van der Waals surface area contributed by atoms with Gasteiger partial charge in [-0.25, -0.2) is 4.98 Å². The molecule has 2 aliphatic rings. The van der Waals surface area contributed by atoms with E-state index < -0.39 is 8.07 Å². The van der Waals surface area contributed by atoms with Gasteiger partial charge in [0.2, 0.25) is 0 Å². The highest BCUT2D eigenvalue weighted by molar-refractivity contribution is 6.76. The average Bonchev–Trinajstić information content (AvgIpc) is 3.25. The first kappa shape index (κ1) is 26.6. The fourth-order valence-corrected chi connectivity index (χ4v) is 6.29. The zero-order valence-electron chi connectivity index (χ0n) is 22.7. The molecule has 0 bridgehead atoms. The van der Waals surface area contributed by atoms with Crippen molar-refractivity contribution in [1.29, 1.82) is 5.26 Å². The minimum Gasteiger partial charge on any atom is -0.361 e. The maximum atomic E-state index is 13.3. The lowest BCUT2D eigenvalue weighted by molar-refractivity contribution is 0.0740. The third-order valence-electron chi connectivity index (χ3n) is 7.66. The summed E-state index contributed by atoms with van der Waals surface area (Å²) in [5, 5.41) is 10.0. The fourth-order valence-electron chi connectivity index (χ4n) is 5.53. The van der Waals surface area contributed by atoms with Gasteiger partial charge in [-0.1, -0.05) is 19.6 Å². The van der Waals surface area contributed by atoms with Gasteiger partial charge in [0.05, 0.1) is 30.5 Å². The van der Waals surface area contributed by atoms with E-state index in [9.17, 15) is 4.79 Å². The lowest BCUT2D eigenvalue weighted by Crippen LogP contribution is -2.51. The Balaban J connectivity index is 1.55. The van der Waals surface area contributed by atoms with Crippen LogP contribution in [-0.2, 0) is 11.5 Å². The molecule has 0 radical (unpaired) electrons. The molecule has 1 aliphatic carbocycles. The number of nitrogens with zero attached hydrogens (tertiary/aromatic N) is 6. The molecule has 0 N–H and O–H groups in total. The molecule has 1 saturated carbocycles. The highest BCUT2D eigenvalue weighted by Gasteiger charge is 2.36. The van der Waals surface area contributed by atoms with E-state index in [0.717, 1.165) is 61.6 Å². The van der Waals surface area contributed by atoms with Gasteiger partial charge in [-0.3, -0.25) is 9.69 Å². The standard InChI is InChI=1S/C27H42N6O2Si/c1-6-31-19-33(22-9-7-21(8-10-22)18-30(2)14-12-28)25-23-11-13-32(20-35-15-16-36(3,4)5)26(23)29-17-24(25)27(31)34/h11,13,17,21-22H,6-10,14-16,18-20H2,1-5H3/t21-,22-. The Bertz CT molecular complexity index is 1100. The van der Waals surface area contributed by atoms with Crippen molar-refractivity contribution >= 4 is 30.7 Å². The Hall–Kier alpha value is -2.41. The van der Waals surface area contributed by atoms with Gasteiger partial charge in [0.1, 0.15) is 12.4 Å². The Morgan fingerprint density at radius 2 is 2.00 bits per heavy atom. The van der Waals surface area contributed by atoms with Gasteiger partial charge >= 0.3 is 0 Å². The Labute approximate surface area is 216 Å². The summed E-state index contributed by atoms with van der Waals surface area (Å²) >= 11 is 0. The largest absolute Gasteiger partial charge is 0.361 e. The van der Waals surface area contributed by atoms with E-state index in [0.29, 0.717) is 44.0 Å². The first-order chi connectivity index (χ1) is 17.2. The molecule has 0 spiro atoms. The second-order valence-electron chi connectivity index (χ2n) is 11.7. The number of carbonyl (C=O) groups is 1. The van der Waals surface area contributed by atoms with Gasteiger partial charge in [-0.05, 0) is 57.7 Å². The molecular weight excluding hydrogens is 468 g/mol. The monoisotopic (exact) mass is 510 g/mol. The van der Waals surface area contributed by atoms with Crippen molar-refractivity contribution in [3.63, 3.8) is 0 Å². The lowest BCUT2D eigenvalue weighted by Gasteiger charge is -2.45. The molecular formula is C27H42N6O2Si. The van der Waals surface area contributed by atoms with Crippen LogP contribution in [0.25, 0.3) is 11.0 Å². The van der Waals surface area contributed by atoms with Crippen molar-refractivity contribution in [2.75, 3.05) is 44.9 Å². The highest BCUT2D eigenvalue weighted by Crippen LogP contribution is 2.39. The van der Waals surface area contributed by atoms with E-state index in [1.165, 1.54) is 0 Å². The average molecular weight is 511 g/mol. The molecule has 1 fully saturated rings. The van der Waals surface area contributed by atoms with Crippen molar-refractivity contribution < 1.29 is 9.53 Å². The Morgan fingerprint density at radius 1 is 1.25 bits per heavy atom. The molecule has 0 aromatic carbocycles. The number of hydrogen-bond acceptors (Lipinski definition) is 6. The van der Waals surface area contributed by atoms with Gasteiger partial charge in [0, 0.05) is 51.6 Å². The van der Waals surface area contributed by atoms with Crippen LogP contribution < -0.4 is 4.90 Å². The zero-order valence-corrected chi connectivity index (χ0v) is 23.7. The van der Waals surface area contributed by atoms with Crippen LogP contribution in [0.3, 0.4) is 0 Å². The van der Waals surface area contributed by atoms with Gasteiger partial charge in [0.15, 0.2) is 0 Å². The summed E-state index contributed by atoms with van der Waals surface area (Å²) in [6, 6.07) is 5.89. The number of pyridine rings is 1. The number of aromatic nitrogens is 2. The molecule has 0 atom stereocenters. The molecule has 0 unspecified atom stereocenters. The molecule has 2 aromatic rings. The molecule has 4 rings (SSSR count). The number of nitriles is 1. The van der Waals surface area contributed by atoms with Crippen LogP contribution in [0.2, 0.25) is 25.7 Å². The normalized spacial score (nSPS) is 20.8. The van der Waals surface area contributed by atoms with Crippen molar-refractivity contribution in [3.8, 4) is 6.07 Å². The van der Waals surface area contributed by atoms with Crippen LogP contribution in [0, 0.1) is 17.2 Å². The van der Waals surface area contributed by atoms with E-state index in [4.69, 9.17) is 15.0 Å². The number of hydrogen-bond donors (Lipinski definition) is 0. The molecule has 1 amide bonds. The molecule has 196 valence electrons. The second-order valence-corrected chi connectivity index (χ2v) is 17.3. The highest BCUT2D eigenvalue weighted by atomic mass is 28.3. The molecule has 36 heavy (non-hydrogen) atoms. The van der Waals surface area contributed by atoms with Gasteiger partial charge in [0.25, 0.3) is 5.91 Å². The molecule has 9 heteroatoms. The number of amides is 1. The van der Waals surface area contributed by atoms with E-state index in [1.807, 2.05) is 25.1 Å². The van der Waals surface area contributed by atoms with Crippen LogP contribution in [0.15, 0.2) is 18.5 Å². The Kier molecular flexibility index (Phi) is 8.38. The summed E-state index contributed by atoms with van der Waals surface area (Å²) in [5.74, 6) is 0.698. The van der Waals surface area contributed by atoms with E-state index in [-0.39, 0.29) is 5.91 Å². The van der Waals surface area contributed by atoms with E-state index in [1.54, 1.807) is 6.20 Å². The molecule has 8 nitrogen and oxygen atoms in total. The van der Waals surface area contributed by atoms with Crippen molar-refractivity contribution in [3.05, 3.63) is 24.0 Å². The summed E-state index contributed by atoms with van der Waals surface area (Å²) in [7, 11) is 0.899. The van der Waals surface area contributed by atoms with Crippen LogP contribution in [-0.4, -0.2) is 79.3 Å². The third-order valence-corrected chi connectivity index (χ3v) is 9.37. The number of rotatable bonds is 10. The minimum atomic E-state index is -1.13. The van der Waals surface area contributed by atoms with Crippen LogP contribution >= 0.6 is 0 Å². The van der Waals surface area contributed by atoms with Gasteiger partial charge in [-0.15, -0.1) is 0 Å². The maximum Gasteiger partial charge on any atom is 0.258 e. The third kappa shape index (κ3) is 5.93. The summed E-state index contributed by atoms with van der Waals surface area (Å²) in [5.41, 5.74) is 2.64. The van der Waals surface area contributed by atoms with Crippen molar-refractivity contribution in [1.82, 2.24) is 19.4 Å². The lowest BCUT2D eigenvalue weighted by atomic mass is 9.84. The summed E-state index contributed by atoms with van der Waals surface area (Å²) in [4.78, 5) is 24.5. The summed E-state index contributed by atoms with van der Waals surface area (Å²) in [6.45, 7) is 13.1. The number of anilines is 1. The van der Waals surface area contributed by atoms with Crippen molar-refractivity contribution in [2.24, 2.45) is 5.92 Å².